The van der Waals surface area contributed by atoms with Gasteiger partial charge in [-0.2, -0.15) is 0 Å². The molecule has 3 heteroatoms. The van der Waals surface area contributed by atoms with Crippen molar-refractivity contribution in [3.63, 3.8) is 0 Å². The molecule has 0 radical (unpaired) electrons. The van der Waals surface area contributed by atoms with Gasteiger partial charge in [-0.05, 0) is 109 Å². The maximum atomic E-state index is 10.9. The fourth-order valence-electron chi connectivity index (χ4n) is 7.20. The van der Waals surface area contributed by atoms with E-state index in [1.54, 1.807) is 0 Å². The maximum Gasteiger partial charge on any atom is 0.121 e. The van der Waals surface area contributed by atoms with Crippen LogP contribution in [-0.2, 0) is 0 Å². The van der Waals surface area contributed by atoms with Crippen LogP contribution in [0.15, 0.2) is 0 Å². The molecule has 0 aromatic rings. The van der Waals surface area contributed by atoms with Crippen LogP contribution in [0.3, 0.4) is 0 Å². The molecule has 4 aliphatic carbocycles. The first-order valence-corrected chi connectivity index (χ1v) is 10.5. The summed E-state index contributed by atoms with van der Waals surface area (Å²) in [6, 6.07) is 0. The van der Waals surface area contributed by atoms with Crippen LogP contribution in [-0.4, -0.2) is 19.9 Å². The molecule has 0 aromatic heterocycles. The fraction of sp³-hybridized carbons (Fsp3) is 1.00. The first-order chi connectivity index (χ1) is 10.3. The van der Waals surface area contributed by atoms with Gasteiger partial charge in [-0.25, -0.2) is 0 Å². The predicted molar refractivity (Wildman–Crippen MR) is 96.7 cm³/mol. The van der Waals surface area contributed by atoms with Gasteiger partial charge in [-0.15, -0.1) is 0 Å². The average Bonchev–Trinajstić information content (AvgIpc) is 2.70. The van der Waals surface area contributed by atoms with Crippen LogP contribution in [0, 0.1) is 34.5 Å². The summed E-state index contributed by atoms with van der Waals surface area (Å²) in [7, 11) is 0. The van der Waals surface area contributed by atoms with Gasteiger partial charge in [0, 0.05) is 5.41 Å². The number of rotatable bonds is 0. The van der Waals surface area contributed by atoms with Crippen LogP contribution < -0.4 is 0 Å². The monoisotopic (exact) mass is 418 g/mol. The van der Waals surface area contributed by atoms with E-state index < -0.39 is 3.61 Å². The van der Waals surface area contributed by atoms with E-state index in [-0.39, 0.29) is 11.5 Å². The molecule has 4 saturated carbocycles. The molecule has 22 heavy (non-hydrogen) atoms. The highest BCUT2D eigenvalue weighted by Gasteiger charge is 2.63. The molecule has 4 rings (SSSR count). The van der Waals surface area contributed by atoms with E-state index in [4.69, 9.17) is 0 Å². The van der Waals surface area contributed by atoms with Crippen molar-refractivity contribution in [2.75, 3.05) is 0 Å². The van der Waals surface area contributed by atoms with E-state index in [0.29, 0.717) is 5.41 Å². The summed E-state index contributed by atoms with van der Waals surface area (Å²) < 4.78 is -0.485. The summed E-state index contributed by atoms with van der Waals surface area (Å²) in [5.74, 6) is 3.11. The molecular formula is C19H31IO2. The quantitative estimate of drug-likeness (QED) is 0.449. The Labute approximate surface area is 148 Å². The Morgan fingerprint density at radius 1 is 0.909 bits per heavy atom. The minimum atomic E-state index is -0.485. The molecule has 4 aliphatic rings. The highest BCUT2D eigenvalue weighted by Crippen LogP contribution is 2.69. The van der Waals surface area contributed by atoms with Crippen LogP contribution in [0.1, 0.15) is 71.6 Å². The smallest absolute Gasteiger partial charge is 0.121 e. The molecule has 2 nitrogen and oxygen atoms in total. The first-order valence-electron chi connectivity index (χ1n) is 9.37. The zero-order chi connectivity index (χ0) is 15.8. The van der Waals surface area contributed by atoms with Gasteiger partial charge in [0.25, 0.3) is 0 Å². The molecule has 0 amide bonds. The third-order valence-electron chi connectivity index (χ3n) is 8.69. The molecule has 0 spiro atoms. The van der Waals surface area contributed by atoms with Crippen molar-refractivity contribution in [2.24, 2.45) is 34.5 Å². The Bertz CT molecular complexity index is 464. The van der Waals surface area contributed by atoms with Gasteiger partial charge in [0.1, 0.15) is 3.61 Å². The van der Waals surface area contributed by atoms with Crippen molar-refractivity contribution >= 4 is 22.6 Å². The average molecular weight is 418 g/mol. The SMILES string of the molecule is C[C@]12CCC(O)CC1CC[C@@H]1[C@H]2CC[C@@]2(C)[C@H]1CCC2(O)I. The number of hydrogen-bond acceptors (Lipinski definition) is 2. The molecule has 126 valence electrons. The zero-order valence-electron chi connectivity index (χ0n) is 14.0. The Kier molecular flexibility index (Phi) is 3.72. The van der Waals surface area contributed by atoms with Crippen LogP contribution in [0.5, 0.6) is 0 Å². The minimum absolute atomic E-state index is 0.0469. The lowest BCUT2D eigenvalue weighted by Gasteiger charge is -2.61. The van der Waals surface area contributed by atoms with Crippen molar-refractivity contribution in [3.05, 3.63) is 0 Å². The molecule has 8 atom stereocenters. The second-order valence-electron chi connectivity index (χ2n) is 9.34. The van der Waals surface area contributed by atoms with Crippen LogP contribution in [0.25, 0.3) is 0 Å². The second-order valence-corrected chi connectivity index (χ2v) is 11.1. The van der Waals surface area contributed by atoms with Gasteiger partial charge >= 0.3 is 0 Å². The molecular weight excluding hydrogens is 387 g/mol. The topological polar surface area (TPSA) is 40.5 Å². The second kappa shape index (κ2) is 5.08. The van der Waals surface area contributed by atoms with Gasteiger partial charge in [-0.3, -0.25) is 0 Å². The third-order valence-corrected chi connectivity index (χ3v) is 10.5. The van der Waals surface area contributed by atoms with E-state index in [2.05, 4.69) is 36.4 Å². The molecule has 2 N–H and O–H groups in total. The van der Waals surface area contributed by atoms with Gasteiger partial charge in [0.05, 0.1) is 6.10 Å². The molecule has 0 aromatic carbocycles. The van der Waals surface area contributed by atoms with Gasteiger partial charge in [0.2, 0.25) is 0 Å². The summed E-state index contributed by atoms with van der Waals surface area (Å²) in [5, 5.41) is 21.0. The number of aliphatic hydroxyl groups is 2. The van der Waals surface area contributed by atoms with E-state index in [9.17, 15) is 10.2 Å². The Balaban J connectivity index is 1.64. The summed E-state index contributed by atoms with van der Waals surface area (Å²) in [5.41, 5.74) is 0.585. The normalized spacial score (nSPS) is 61.2. The third kappa shape index (κ3) is 2.03. The fourth-order valence-corrected chi connectivity index (χ4v) is 8.18. The zero-order valence-corrected chi connectivity index (χ0v) is 16.2. The lowest BCUT2D eigenvalue weighted by Crippen LogP contribution is -2.55. The Morgan fingerprint density at radius 2 is 1.64 bits per heavy atom. The van der Waals surface area contributed by atoms with E-state index in [1.807, 2.05) is 0 Å². The van der Waals surface area contributed by atoms with Crippen molar-refractivity contribution in [3.8, 4) is 0 Å². The van der Waals surface area contributed by atoms with Crippen LogP contribution >= 0.6 is 22.6 Å². The number of halogens is 1. The maximum absolute atomic E-state index is 10.9. The summed E-state index contributed by atoms with van der Waals surface area (Å²) in [4.78, 5) is 0. The Hall–Kier alpha value is 0.650. The van der Waals surface area contributed by atoms with Crippen molar-refractivity contribution < 1.29 is 10.2 Å². The van der Waals surface area contributed by atoms with E-state index in [0.717, 1.165) is 42.9 Å². The largest absolute Gasteiger partial charge is 0.393 e. The van der Waals surface area contributed by atoms with Crippen LogP contribution in [0.4, 0.5) is 0 Å². The lowest BCUT2D eigenvalue weighted by atomic mass is 9.45. The van der Waals surface area contributed by atoms with E-state index >= 15 is 0 Å². The van der Waals surface area contributed by atoms with Crippen molar-refractivity contribution in [1.82, 2.24) is 0 Å². The standard InChI is InChI=1S/C19H31IO2/c1-17-8-5-13(21)11-12(17)3-4-14-15(17)6-9-18(2)16(14)7-10-19(18,20)22/h12-16,21-22H,3-11H2,1-2H3/t12?,13?,14-,15-,16+,17+,18+,19?/m1/s1. The number of aliphatic hydroxyl groups excluding tert-OH is 1. The molecule has 3 unspecified atom stereocenters. The first kappa shape index (κ1) is 16.1. The number of alkyl halides is 1. The molecule has 0 bridgehead atoms. The highest BCUT2D eigenvalue weighted by molar-refractivity contribution is 14.1. The van der Waals surface area contributed by atoms with E-state index in [1.165, 1.54) is 38.5 Å². The van der Waals surface area contributed by atoms with Crippen LogP contribution in [0.2, 0.25) is 0 Å². The summed E-state index contributed by atoms with van der Waals surface area (Å²) >= 11 is 2.35. The minimum Gasteiger partial charge on any atom is -0.393 e. The molecule has 0 heterocycles. The number of hydrogen-bond donors (Lipinski definition) is 2. The van der Waals surface area contributed by atoms with Gasteiger partial charge in [-0.1, -0.05) is 13.8 Å². The summed E-state index contributed by atoms with van der Waals surface area (Å²) in [6.45, 7) is 4.90. The Morgan fingerprint density at radius 3 is 2.41 bits per heavy atom. The highest BCUT2D eigenvalue weighted by atomic mass is 127. The van der Waals surface area contributed by atoms with Gasteiger partial charge < -0.3 is 10.2 Å². The molecule has 0 saturated heterocycles. The molecule has 4 fully saturated rings. The number of fused-ring (bicyclic) bond motifs is 5. The predicted octanol–water partition coefficient (Wildman–Crippen LogP) is 4.51. The van der Waals surface area contributed by atoms with Gasteiger partial charge in [0.15, 0.2) is 0 Å². The van der Waals surface area contributed by atoms with Crippen molar-refractivity contribution in [1.29, 1.82) is 0 Å². The summed E-state index contributed by atoms with van der Waals surface area (Å²) in [6.07, 6.45) is 10.6. The van der Waals surface area contributed by atoms with Crippen molar-refractivity contribution in [2.45, 2.75) is 81.3 Å². The molecule has 0 aliphatic heterocycles. The lowest BCUT2D eigenvalue weighted by molar-refractivity contribution is -0.136.